The molecule has 0 atom stereocenters. The number of anilines is 1. The average Bonchev–Trinajstić information content (AvgIpc) is 2.73. The van der Waals surface area contributed by atoms with E-state index < -0.39 is 10.0 Å². The van der Waals surface area contributed by atoms with Crippen molar-refractivity contribution in [1.29, 1.82) is 0 Å². The van der Waals surface area contributed by atoms with E-state index in [9.17, 15) is 13.2 Å². The van der Waals surface area contributed by atoms with Gasteiger partial charge in [0, 0.05) is 26.2 Å². The molecule has 0 saturated carbocycles. The Bertz CT molecular complexity index is 937. The normalized spacial score (nSPS) is 14.7. The van der Waals surface area contributed by atoms with Crippen LogP contribution in [0.3, 0.4) is 0 Å². The number of hydrogen-bond donors (Lipinski definition) is 1. The summed E-state index contributed by atoms with van der Waals surface area (Å²) in [5, 5.41) is 0. The van der Waals surface area contributed by atoms with Crippen molar-refractivity contribution in [2.75, 3.05) is 44.2 Å². The van der Waals surface area contributed by atoms with Crippen LogP contribution in [0.25, 0.3) is 0 Å². The molecule has 1 amide bonds. The molecule has 2 aromatic rings. The maximum atomic E-state index is 12.5. The lowest BCUT2D eigenvalue weighted by Gasteiger charge is -2.36. The molecule has 29 heavy (non-hydrogen) atoms. The fourth-order valence-electron chi connectivity index (χ4n) is 3.26. The molecular formula is C21H27N3O4S. The highest BCUT2D eigenvalue weighted by Crippen LogP contribution is 2.28. The Hall–Kier alpha value is -2.58. The van der Waals surface area contributed by atoms with Gasteiger partial charge in [0.05, 0.1) is 23.7 Å². The number of hydrogen-bond acceptors (Lipinski definition) is 5. The zero-order chi connectivity index (χ0) is 20.9. The maximum Gasteiger partial charge on any atom is 0.241 e. The Kier molecular flexibility index (Phi) is 6.76. The molecule has 0 spiro atoms. The summed E-state index contributed by atoms with van der Waals surface area (Å²) >= 11 is 0. The first-order valence-corrected chi connectivity index (χ1v) is 11.2. The van der Waals surface area contributed by atoms with Crippen LogP contribution < -0.4 is 14.4 Å². The number of nitrogens with zero attached hydrogens (tertiary/aromatic N) is 2. The molecule has 1 saturated heterocycles. The molecule has 0 unspecified atom stereocenters. The summed E-state index contributed by atoms with van der Waals surface area (Å²) in [6.07, 6.45) is 0. The predicted octanol–water partition coefficient (Wildman–Crippen LogP) is 2.02. The van der Waals surface area contributed by atoms with E-state index in [4.69, 9.17) is 4.74 Å². The van der Waals surface area contributed by atoms with Gasteiger partial charge in [0.15, 0.2) is 0 Å². The third-order valence-corrected chi connectivity index (χ3v) is 6.30. The highest BCUT2D eigenvalue weighted by atomic mass is 32.2. The van der Waals surface area contributed by atoms with Gasteiger partial charge in [0.2, 0.25) is 15.9 Å². The molecule has 0 aromatic heterocycles. The molecular weight excluding hydrogens is 390 g/mol. The summed E-state index contributed by atoms with van der Waals surface area (Å²) in [7, 11) is -3.70. The number of carbonyl (C=O) groups is 1. The second kappa shape index (κ2) is 9.28. The average molecular weight is 418 g/mol. The lowest BCUT2D eigenvalue weighted by molar-refractivity contribution is -0.130. The van der Waals surface area contributed by atoms with Crippen LogP contribution in [0.4, 0.5) is 5.69 Å². The molecule has 1 N–H and O–H groups in total. The summed E-state index contributed by atoms with van der Waals surface area (Å²) in [5.41, 5.74) is 1.99. The Balaban J connectivity index is 1.54. The largest absolute Gasteiger partial charge is 0.492 e. The molecule has 1 fully saturated rings. The van der Waals surface area contributed by atoms with Gasteiger partial charge >= 0.3 is 0 Å². The Morgan fingerprint density at radius 1 is 1.03 bits per heavy atom. The number of carbonyl (C=O) groups excluding carboxylic acids is 1. The number of para-hydroxylation sites is 2. The van der Waals surface area contributed by atoms with Gasteiger partial charge in [0.1, 0.15) is 5.75 Å². The van der Waals surface area contributed by atoms with Gasteiger partial charge in [-0.1, -0.05) is 29.8 Å². The van der Waals surface area contributed by atoms with Crippen LogP contribution in [-0.2, 0) is 14.8 Å². The fraction of sp³-hybridized carbons (Fsp3) is 0.381. The number of sulfonamides is 1. The zero-order valence-corrected chi connectivity index (χ0v) is 17.6. The standard InChI is InChI=1S/C21H27N3O4S/c1-3-28-20-7-5-4-6-19(20)23-12-14-24(15-13-23)21(25)16-22-29(26,27)18-10-8-17(2)9-11-18/h4-11,22H,3,12-16H2,1-2H3. The monoisotopic (exact) mass is 417 g/mol. The molecule has 0 bridgehead atoms. The lowest BCUT2D eigenvalue weighted by Crippen LogP contribution is -2.51. The summed E-state index contributed by atoms with van der Waals surface area (Å²) in [6, 6.07) is 14.4. The SMILES string of the molecule is CCOc1ccccc1N1CCN(C(=O)CNS(=O)(=O)c2ccc(C)cc2)CC1. The van der Waals surface area contributed by atoms with Crippen LogP contribution in [0.5, 0.6) is 5.75 Å². The molecule has 0 aliphatic carbocycles. The zero-order valence-electron chi connectivity index (χ0n) is 16.8. The predicted molar refractivity (Wildman–Crippen MR) is 113 cm³/mol. The van der Waals surface area contributed by atoms with Crippen molar-refractivity contribution in [3.05, 3.63) is 54.1 Å². The van der Waals surface area contributed by atoms with Gasteiger partial charge < -0.3 is 14.5 Å². The fourth-order valence-corrected chi connectivity index (χ4v) is 4.24. The Morgan fingerprint density at radius 3 is 2.34 bits per heavy atom. The van der Waals surface area contributed by atoms with E-state index >= 15 is 0 Å². The number of nitrogens with one attached hydrogen (secondary N) is 1. The number of amides is 1. The molecule has 3 rings (SSSR count). The first-order chi connectivity index (χ1) is 13.9. The van der Waals surface area contributed by atoms with Gasteiger partial charge in [-0.15, -0.1) is 0 Å². The van der Waals surface area contributed by atoms with Gasteiger partial charge in [-0.3, -0.25) is 4.79 Å². The van der Waals surface area contributed by atoms with Crippen molar-refractivity contribution in [3.8, 4) is 5.75 Å². The number of aryl methyl sites for hydroxylation is 1. The van der Waals surface area contributed by atoms with E-state index in [0.29, 0.717) is 32.8 Å². The minimum absolute atomic E-state index is 0.160. The van der Waals surface area contributed by atoms with Crippen molar-refractivity contribution < 1.29 is 17.9 Å². The van der Waals surface area contributed by atoms with E-state index in [-0.39, 0.29) is 17.3 Å². The molecule has 0 radical (unpaired) electrons. The minimum Gasteiger partial charge on any atom is -0.492 e. The molecule has 2 aromatic carbocycles. The van der Waals surface area contributed by atoms with Crippen molar-refractivity contribution in [3.63, 3.8) is 0 Å². The smallest absolute Gasteiger partial charge is 0.241 e. The van der Waals surface area contributed by atoms with Crippen LogP contribution in [0.1, 0.15) is 12.5 Å². The topological polar surface area (TPSA) is 79.0 Å². The van der Waals surface area contributed by atoms with Crippen molar-refractivity contribution in [2.45, 2.75) is 18.7 Å². The lowest BCUT2D eigenvalue weighted by atomic mass is 10.2. The third kappa shape index (κ3) is 5.27. The Morgan fingerprint density at radius 2 is 1.69 bits per heavy atom. The molecule has 1 aliphatic heterocycles. The van der Waals surface area contributed by atoms with Crippen molar-refractivity contribution in [1.82, 2.24) is 9.62 Å². The summed E-state index contributed by atoms with van der Waals surface area (Å²) in [4.78, 5) is 16.5. The van der Waals surface area contributed by atoms with Crippen LogP contribution in [0.2, 0.25) is 0 Å². The molecule has 7 nitrogen and oxygen atoms in total. The number of rotatable bonds is 7. The highest BCUT2D eigenvalue weighted by Gasteiger charge is 2.24. The minimum atomic E-state index is -3.70. The van der Waals surface area contributed by atoms with E-state index in [0.717, 1.165) is 17.0 Å². The van der Waals surface area contributed by atoms with Crippen molar-refractivity contribution >= 4 is 21.6 Å². The summed E-state index contributed by atoms with van der Waals surface area (Å²) < 4.78 is 32.8. The van der Waals surface area contributed by atoms with Crippen LogP contribution in [0.15, 0.2) is 53.4 Å². The summed E-state index contributed by atoms with van der Waals surface area (Å²) in [5.74, 6) is 0.610. The van der Waals surface area contributed by atoms with Crippen LogP contribution in [-0.4, -0.2) is 58.6 Å². The van der Waals surface area contributed by atoms with Crippen molar-refractivity contribution in [2.24, 2.45) is 0 Å². The van der Waals surface area contributed by atoms with E-state index in [2.05, 4.69) is 9.62 Å². The van der Waals surface area contributed by atoms with E-state index in [1.165, 1.54) is 12.1 Å². The van der Waals surface area contributed by atoms with Crippen LogP contribution in [0, 0.1) is 6.92 Å². The third-order valence-electron chi connectivity index (χ3n) is 4.88. The summed E-state index contributed by atoms with van der Waals surface area (Å²) in [6.45, 7) is 6.59. The highest BCUT2D eigenvalue weighted by molar-refractivity contribution is 7.89. The second-order valence-electron chi connectivity index (χ2n) is 6.91. The molecule has 8 heteroatoms. The van der Waals surface area contributed by atoms with Gasteiger partial charge in [-0.2, -0.15) is 0 Å². The molecule has 1 heterocycles. The second-order valence-corrected chi connectivity index (χ2v) is 8.67. The number of benzene rings is 2. The van der Waals surface area contributed by atoms with E-state index in [1.54, 1.807) is 17.0 Å². The van der Waals surface area contributed by atoms with Crippen LogP contribution >= 0.6 is 0 Å². The van der Waals surface area contributed by atoms with E-state index in [1.807, 2.05) is 38.1 Å². The molecule has 1 aliphatic rings. The first kappa shape index (κ1) is 21.1. The van der Waals surface area contributed by atoms with Gasteiger partial charge in [0.25, 0.3) is 0 Å². The van der Waals surface area contributed by atoms with Gasteiger partial charge in [-0.05, 0) is 38.1 Å². The first-order valence-electron chi connectivity index (χ1n) is 9.71. The Labute approximate surface area is 172 Å². The number of ether oxygens (including phenoxy) is 1. The van der Waals surface area contributed by atoms with Gasteiger partial charge in [-0.25, -0.2) is 13.1 Å². The maximum absolute atomic E-state index is 12.5. The quantitative estimate of drug-likeness (QED) is 0.746. The molecule has 156 valence electrons. The number of piperazine rings is 1.